The van der Waals surface area contributed by atoms with Crippen molar-refractivity contribution in [3.63, 3.8) is 0 Å². The number of nitrogens with zero attached hydrogens (tertiary/aromatic N) is 3. The molecule has 6 nitrogen and oxygen atoms in total. The zero-order valence-electron chi connectivity index (χ0n) is 11.2. The lowest BCUT2D eigenvalue weighted by atomic mass is 10.1. The Labute approximate surface area is 107 Å². The SMILES string of the molecule is CC(C)(C)n1cc(CNC2CCCNC2=O)nn1. The lowest BCUT2D eigenvalue weighted by Crippen LogP contribution is -2.47. The molecule has 0 aromatic carbocycles. The monoisotopic (exact) mass is 251 g/mol. The zero-order chi connectivity index (χ0) is 13.2. The Morgan fingerprint density at radius 2 is 2.33 bits per heavy atom. The molecule has 1 aromatic rings. The van der Waals surface area contributed by atoms with E-state index in [1.165, 1.54) is 0 Å². The fraction of sp³-hybridized carbons (Fsp3) is 0.750. The van der Waals surface area contributed by atoms with E-state index in [4.69, 9.17) is 0 Å². The van der Waals surface area contributed by atoms with Gasteiger partial charge in [-0.2, -0.15) is 0 Å². The molecular weight excluding hydrogens is 230 g/mol. The molecule has 1 aliphatic heterocycles. The molecule has 18 heavy (non-hydrogen) atoms. The van der Waals surface area contributed by atoms with Gasteiger partial charge in [0.2, 0.25) is 5.91 Å². The average molecular weight is 251 g/mol. The summed E-state index contributed by atoms with van der Waals surface area (Å²) in [6, 6.07) is -0.0986. The van der Waals surface area contributed by atoms with Gasteiger partial charge in [-0.05, 0) is 33.6 Å². The van der Waals surface area contributed by atoms with Crippen LogP contribution in [0.2, 0.25) is 0 Å². The molecule has 1 atom stereocenters. The normalized spacial score (nSPS) is 20.8. The van der Waals surface area contributed by atoms with Crippen LogP contribution in [0.15, 0.2) is 6.20 Å². The van der Waals surface area contributed by atoms with E-state index in [9.17, 15) is 4.79 Å². The van der Waals surface area contributed by atoms with Gasteiger partial charge < -0.3 is 10.6 Å². The summed E-state index contributed by atoms with van der Waals surface area (Å²) in [6.07, 6.45) is 3.84. The van der Waals surface area contributed by atoms with Gasteiger partial charge in [-0.25, -0.2) is 4.68 Å². The van der Waals surface area contributed by atoms with Crippen LogP contribution in [0.5, 0.6) is 0 Å². The van der Waals surface area contributed by atoms with Crippen molar-refractivity contribution in [2.75, 3.05) is 6.54 Å². The number of rotatable bonds is 3. The van der Waals surface area contributed by atoms with Gasteiger partial charge in [-0.3, -0.25) is 4.79 Å². The van der Waals surface area contributed by atoms with Crippen LogP contribution in [0, 0.1) is 0 Å². The summed E-state index contributed by atoms with van der Waals surface area (Å²) in [7, 11) is 0. The highest BCUT2D eigenvalue weighted by atomic mass is 16.2. The van der Waals surface area contributed by atoms with Crippen molar-refractivity contribution in [3.05, 3.63) is 11.9 Å². The van der Waals surface area contributed by atoms with Gasteiger partial charge in [0.25, 0.3) is 0 Å². The van der Waals surface area contributed by atoms with Crippen molar-refractivity contribution in [2.24, 2.45) is 0 Å². The first kappa shape index (κ1) is 13.0. The van der Waals surface area contributed by atoms with Crippen LogP contribution >= 0.6 is 0 Å². The third kappa shape index (κ3) is 3.07. The third-order valence-electron chi connectivity index (χ3n) is 3.04. The Balaban J connectivity index is 1.90. The lowest BCUT2D eigenvalue weighted by molar-refractivity contribution is -0.124. The van der Waals surface area contributed by atoms with Gasteiger partial charge >= 0.3 is 0 Å². The van der Waals surface area contributed by atoms with Gasteiger partial charge in [0.1, 0.15) is 0 Å². The van der Waals surface area contributed by atoms with Crippen LogP contribution in [0.4, 0.5) is 0 Å². The van der Waals surface area contributed by atoms with Crippen LogP contribution < -0.4 is 10.6 Å². The first-order chi connectivity index (χ1) is 8.47. The molecule has 0 saturated carbocycles. The summed E-state index contributed by atoms with van der Waals surface area (Å²) in [4.78, 5) is 11.6. The number of aromatic nitrogens is 3. The van der Waals surface area contributed by atoms with Crippen molar-refractivity contribution in [3.8, 4) is 0 Å². The number of carbonyl (C=O) groups excluding carboxylic acids is 1. The summed E-state index contributed by atoms with van der Waals surface area (Å²) in [5, 5.41) is 14.3. The molecule has 2 N–H and O–H groups in total. The second kappa shape index (κ2) is 5.06. The number of nitrogens with one attached hydrogen (secondary N) is 2. The van der Waals surface area contributed by atoms with Crippen molar-refractivity contribution in [2.45, 2.75) is 51.7 Å². The Morgan fingerprint density at radius 3 is 2.94 bits per heavy atom. The summed E-state index contributed by atoms with van der Waals surface area (Å²) in [5.74, 6) is 0.0875. The van der Waals surface area contributed by atoms with Gasteiger partial charge in [0, 0.05) is 13.1 Å². The topological polar surface area (TPSA) is 71.8 Å². The molecule has 1 fully saturated rings. The van der Waals surface area contributed by atoms with Gasteiger partial charge in [0.15, 0.2) is 0 Å². The Kier molecular flexibility index (Phi) is 3.65. The molecule has 2 heterocycles. The van der Waals surface area contributed by atoms with E-state index in [1.807, 2.05) is 10.9 Å². The molecule has 1 amide bonds. The van der Waals surface area contributed by atoms with E-state index < -0.39 is 0 Å². The zero-order valence-corrected chi connectivity index (χ0v) is 11.2. The molecule has 1 unspecified atom stereocenters. The van der Waals surface area contributed by atoms with E-state index in [0.29, 0.717) is 6.54 Å². The second-order valence-corrected chi connectivity index (χ2v) is 5.69. The predicted octanol–water partition coefficient (Wildman–Crippen LogP) is 0.401. The number of carbonyl (C=O) groups is 1. The Hall–Kier alpha value is -1.43. The molecule has 1 aromatic heterocycles. The molecule has 2 rings (SSSR count). The molecule has 1 aliphatic rings. The highest BCUT2D eigenvalue weighted by Crippen LogP contribution is 2.12. The van der Waals surface area contributed by atoms with Gasteiger partial charge in [-0.15, -0.1) is 5.10 Å². The lowest BCUT2D eigenvalue weighted by Gasteiger charge is -2.22. The summed E-state index contributed by atoms with van der Waals surface area (Å²) >= 11 is 0. The molecular formula is C12H21N5O. The van der Waals surface area contributed by atoms with E-state index in [-0.39, 0.29) is 17.5 Å². The fourth-order valence-corrected chi connectivity index (χ4v) is 1.90. The predicted molar refractivity (Wildman–Crippen MR) is 67.9 cm³/mol. The maximum absolute atomic E-state index is 11.6. The first-order valence-electron chi connectivity index (χ1n) is 6.39. The van der Waals surface area contributed by atoms with Crippen molar-refractivity contribution < 1.29 is 4.79 Å². The Bertz CT molecular complexity index is 420. The highest BCUT2D eigenvalue weighted by molar-refractivity contribution is 5.82. The minimum absolute atomic E-state index is 0.0620. The largest absolute Gasteiger partial charge is 0.355 e. The van der Waals surface area contributed by atoms with E-state index in [1.54, 1.807) is 0 Å². The maximum atomic E-state index is 11.6. The summed E-state index contributed by atoms with van der Waals surface area (Å²) in [5.41, 5.74) is 0.802. The van der Waals surface area contributed by atoms with Crippen LogP contribution in [-0.4, -0.2) is 33.5 Å². The maximum Gasteiger partial charge on any atom is 0.237 e. The molecule has 6 heteroatoms. The molecule has 0 radical (unpaired) electrons. The van der Waals surface area contributed by atoms with E-state index in [2.05, 4.69) is 41.7 Å². The van der Waals surface area contributed by atoms with E-state index in [0.717, 1.165) is 25.1 Å². The van der Waals surface area contributed by atoms with Crippen molar-refractivity contribution >= 4 is 5.91 Å². The quantitative estimate of drug-likeness (QED) is 0.816. The smallest absolute Gasteiger partial charge is 0.237 e. The van der Waals surface area contributed by atoms with Crippen LogP contribution in [-0.2, 0) is 16.9 Å². The molecule has 0 spiro atoms. The third-order valence-corrected chi connectivity index (χ3v) is 3.04. The number of amides is 1. The number of hydrogen-bond donors (Lipinski definition) is 2. The van der Waals surface area contributed by atoms with Gasteiger partial charge in [-0.1, -0.05) is 5.21 Å². The summed E-state index contributed by atoms with van der Waals surface area (Å²) in [6.45, 7) is 7.60. The molecule has 1 saturated heterocycles. The minimum atomic E-state index is -0.0986. The molecule has 100 valence electrons. The fourth-order valence-electron chi connectivity index (χ4n) is 1.90. The highest BCUT2D eigenvalue weighted by Gasteiger charge is 2.22. The standard InChI is InChI=1S/C12H21N5O/c1-12(2,3)17-8-9(15-16-17)7-14-10-5-4-6-13-11(10)18/h8,10,14H,4-7H2,1-3H3,(H,13,18). The average Bonchev–Trinajstić information content (AvgIpc) is 2.76. The first-order valence-corrected chi connectivity index (χ1v) is 6.39. The Morgan fingerprint density at radius 1 is 1.56 bits per heavy atom. The van der Waals surface area contributed by atoms with E-state index >= 15 is 0 Å². The van der Waals surface area contributed by atoms with Gasteiger partial charge in [0.05, 0.1) is 23.5 Å². The minimum Gasteiger partial charge on any atom is -0.355 e. The second-order valence-electron chi connectivity index (χ2n) is 5.69. The summed E-state index contributed by atoms with van der Waals surface area (Å²) < 4.78 is 1.84. The van der Waals surface area contributed by atoms with Crippen molar-refractivity contribution in [1.29, 1.82) is 0 Å². The number of piperidine rings is 1. The van der Waals surface area contributed by atoms with Crippen molar-refractivity contribution in [1.82, 2.24) is 25.6 Å². The molecule has 0 aliphatic carbocycles. The van der Waals surface area contributed by atoms with Crippen LogP contribution in [0.3, 0.4) is 0 Å². The van der Waals surface area contributed by atoms with Crippen LogP contribution in [0.1, 0.15) is 39.3 Å². The molecule has 0 bridgehead atoms. The van der Waals surface area contributed by atoms with Crippen LogP contribution in [0.25, 0.3) is 0 Å². The number of hydrogen-bond acceptors (Lipinski definition) is 4.